The number of hydrogen-bond donors (Lipinski definition) is 0. The van der Waals surface area contributed by atoms with E-state index < -0.39 is 38.6 Å². The number of methoxy groups -OCH3 is 1. The zero-order valence-electron chi connectivity index (χ0n) is 13.8. The van der Waals surface area contributed by atoms with E-state index in [4.69, 9.17) is 19.4 Å². The summed E-state index contributed by atoms with van der Waals surface area (Å²) in [4.78, 5) is 15.0. The summed E-state index contributed by atoms with van der Waals surface area (Å²) in [6.07, 6.45) is -1.98. The molecule has 1 aliphatic heterocycles. The maximum absolute atomic E-state index is 12.3. The molecule has 0 unspecified atom stereocenters. The number of carbonyl (C=O) groups is 1. The van der Waals surface area contributed by atoms with Crippen molar-refractivity contribution in [3.8, 4) is 0 Å². The Kier molecular flexibility index (Phi) is 5.57. The summed E-state index contributed by atoms with van der Waals surface area (Å²) in [5.74, 6) is -0.392. The van der Waals surface area contributed by atoms with Gasteiger partial charge >= 0.3 is 0 Å². The molecule has 0 aliphatic carbocycles. The molecular weight excluding hydrogens is 290 g/mol. The molecule has 0 aromatic rings. The number of rotatable bonds is 4. The Morgan fingerprint density at radius 2 is 1.95 bits per heavy atom. The van der Waals surface area contributed by atoms with Gasteiger partial charge in [-0.3, -0.25) is 4.79 Å². The molecule has 4 atom stereocenters. The quantitative estimate of drug-likeness (QED) is 0.345. The summed E-state index contributed by atoms with van der Waals surface area (Å²) in [7, 11) is -0.737. The highest BCUT2D eigenvalue weighted by Crippen LogP contribution is 2.39. The third-order valence-electron chi connectivity index (χ3n) is 4.26. The summed E-state index contributed by atoms with van der Waals surface area (Å²) in [6.45, 7) is 12.3. The van der Waals surface area contributed by atoms with Crippen LogP contribution in [0, 0.1) is 0 Å². The van der Waals surface area contributed by atoms with Gasteiger partial charge in [0.2, 0.25) is 6.29 Å². The summed E-state index contributed by atoms with van der Waals surface area (Å²) < 4.78 is 16.8. The van der Waals surface area contributed by atoms with Crippen LogP contribution in [0.25, 0.3) is 10.4 Å². The fraction of sp³-hybridized carbons (Fsp3) is 0.923. The molecule has 0 aromatic carbocycles. The Balaban J connectivity index is 3.08. The van der Waals surface area contributed by atoms with E-state index in [1.807, 2.05) is 0 Å². The van der Waals surface area contributed by atoms with Gasteiger partial charge < -0.3 is 13.9 Å². The largest absolute Gasteiger partial charge is 0.410 e. The van der Waals surface area contributed by atoms with Crippen LogP contribution in [0.4, 0.5) is 0 Å². The Labute approximate surface area is 126 Å². The summed E-state index contributed by atoms with van der Waals surface area (Å²) in [5, 5.41) is 3.61. The molecule has 1 aliphatic rings. The molecule has 1 rings (SSSR count). The molecule has 8 heteroatoms. The van der Waals surface area contributed by atoms with Crippen LogP contribution >= 0.6 is 0 Å². The predicted molar refractivity (Wildman–Crippen MR) is 81.4 cm³/mol. The minimum absolute atomic E-state index is 0.0191. The zero-order valence-corrected chi connectivity index (χ0v) is 14.8. The molecule has 7 nitrogen and oxygen atoms in total. The highest BCUT2D eigenvalue weighted by atomic mass is 28.4. The molecule has 0 spiro atoms. The van der Waals surface area contributed by atoms with Crippen LogP contribution in [0.5, 0.6) is 0 Å². The molecule has 0 amide bonds. The number of nitrogens with zero attached hydrogens (tertiary/aromatic N) is 3. The zero-order chi connectivity index (χ0) is 16.4. The summed E-state index contributed by atoms with van der Waals surface area (Å²) in [5.41, 5.74) is 8.74. The lowest BCUT2D eigenvalue weighted by Crippen LogP contribution is -2.59. The van der Waals surface area contributed by atoms with E-state index in [0.717, 1.165) is 0 Å². The van der Waals surface area contributed by atoms with Gasteiger partial charge in [-0.05, 0) is 30.6 Å². The van der Waals surface area contributed by atoms with Crippen LogP contribution in [0.1, 0.15) is 27.7 Å². The highest BCUT2D eigenvalue weighted by molar-refractivity contribution is 6.74. The van der Waals surface area contributed by atoms with Crippen molar-refractivity contribution < 1.29 is 18.7 Å². The minimum Gasteiger partial charge on any atom is -0.410 e. The van der Waals surface area contributed by atoms with E-state index in [9.17, 15) is 4.79 Å². The van der Waals surface area contributed by atoms with E-state index in [2.05, 4.69) is 43.9 Å². The Hall–Kier alpha value is -0.923. The van der Waals surface area contributed by atoms with Crippen molar-refractivity contribution >= 4 is 14.1 Å². The van der Waals surface area contributed by atoms with Gasteiger partial charge in [0.15, 0.2) is 14.1 Å². The first-order valence-electron chi connectivity index (χ1n) is 6.99. The van der Waals surface area contributed by atoms with Crippen LogP contribution < -0.4 is 0 Å². The first-order valence-corrected chi connectivity index (χ1v) is 9.90. The Morgan fingerprint density at radius 1 is 1.38 bits per heavy atom. The van der Waals surface area contributed by atoms with E-state index in [1.165, 1.54) is 7.11 Å². The monoisotopic (exact) mass is 315 g/mol. The van der Waals surface area contributed by atoms with E-state index in [-0.39, 0.29) is 5.04 Å². The first kappa shape index (κ1) is 18.1. The minimum atomic E-state index is -2.12. The molecule has 1 fully saturated rings. The van der Waals surface area contributed by atoms with Crippen molar-refractivity contribution in [2.24, 2.45) is 5.11 Å². The van der Waals surface area contributed by atoms with Gasteiger partial charge in [-0.1, -0.05) is 25.9 Å². The van der Waals surface area contributed by atoms with Gasteiger partial charge in [0.05, 0.1) is 12.2 Å². The van der Waals surface area contributed by atoms with Crippen LogP contribution in [-0.4, -0.2) is 45.8 Å². The van der Waals surface area contributed by atoms with Gasteiger partial charge in [0.25, 0.3) is 0 Å². The molecule has 120 valence electrons. The summed E-state index contributed by atoms with van der Waals surface area (Å²) >= 11 is 0. The maximum atomic E-state index is 12.3. The molecule has 1 saturated heterocycles. The molecule has 21 heavy (non-hydrogen) atoms. The predicted octanol–water partition coefficient (Wildman–Crippen LogP) is 3.02. The first-order chi connectivity index (χ1) is 9.55. The lowest BCUT2D eigenvalue weighted by molar-refractivity contribution is -0.205. The standard InChI is InChI=1S/C13H25N3O4Si/c1-8-11(20-21(6,7)13(2,3)4)9(15-16-14)10(17)12(18-5)19-8/h8-9,11-12H,1-7H3/t8-,9-,11-,12-/m1/s1. The Morgan fingerprint density at radius 3 is 2.38 bits per heavy atom. The average molecular weight is 315 g/mol. The fourth-order valence-electron chi connectivity index (χ4n) is 1.92. The number of carbonyl (C=O) groups excluding carboxylic acids is 1. The van der Waals surface area contributed by atoms with Crippen LogP contribution in [-0.2, 0) is 18.7 Å². The molecule has 0 saturated carbocycles. The molecule has 0 N–H and O–H groups in total. The number of ketones is 1. The molecule has 0 bridgehead atoms. The number of azide groups is 1. The van der Waals surface area contributed by atoms with Crippen molar-refractivity contribution in [3.63, 3.8) is 0 Å². The van der Waals surface area contributed by atoms with Crippen molar-refractivity contribution in [1.82, 2.24) is 0 Å². The van der Waals surface area contributed by atoms with Crippen LogP contribution in [0.3, 0.4) is 0 Å². The van der Waals surface area contributed by atoms with Gasteiger partial charge in [0, 0.05) is 12.0 Å². The highest BCUT2D eigenvalue weighted by Gasteiger charge is 2.48. The number of Topliss-reactive ketones (excluding diaryl/α,β-unsaturated/α-hetero) is 1. The second-order valence-corrected chi connectivity index (χ2v) is 11.6. The van der Waals surface area contributed by atoms with Crippen LogP contribution in [0.15, 0.2) is 5.11 Å². The average Bonchev–Trinajstić information content (AvgIpc) is 2.36. The van der Waals surface area contributed by atoms with Crippen molar-refractivity contribution in [2.75, 3.05) is 7.11 Å². The van der Waals surface area contributed by atoms with Gasteiger partial charge in [0.1, 0.15) is 6.04 Å². The Bertz CT molecular complexity index is 443. The molecule has 1 heterocycles. The lowest BCUT2D eigenvalue weighted by Gasteiger charge is -2.44. The lowest BCUT2D eigenvalue weighted by atomic mass is 9.99. The topological polar surface area (TPSA) is 93.5 Å². The fourth-order valence-corrected chi connectivity index (χ4v) is 3.28. The number of hydrogen-bond acceptors (Lipinski definition) is 5. The molecular formula is C13H25N3O4Si. The van der Waals surface area contributed by atoms with Crippen molar-refractivity contribution in [2.45, 2.75) is 70.4 Å². The smallest absolute Gasteiger partial charge is 0.218 e. The van der Waals surface area contributed by atoms with Gasteiger partial charge in [-0.25, -0.2) is 0 Å². The van der Waals surface area contributed by atoms with Gasteiger partial charge in [-0.2, -0.15) is 0 Å². The van der Waals surface area contributed by atoms with Crippen molar-refractivity contribution in [3.05, 3.63) is 10.4 Å². The molecule has 0 aromatic heterocycles. The second kappa shape index (κ2) is 6.45. The third kappa shape index (κ3) is 3.84. The second-order valence-electron chi connectivity index (χ2n) is 6.80. The third-order valence-corrected chi connectivity index (χ3v) is 8.74. The van der Waals surface area contributed by atoms with Crippen molar-refractivity contribution in [1.29, 1.82) is 0 Å². The van der Waals surface area contributed by atoms with E-state index >= 15 is 0 Å². The normalized spacial score (nSPS) is 30.9. The number of ether oxygens (including phenoxy) is 2. The van der Waals surface area contributed by atoms with Crippen LogP contribution in [0.2, 0.25) is 18.1 Å². The summed E-state index contributed by atoms with van der Waals surface area (Å²) in [6, 6.07) is -0.919. The SMILES string of the molecule is CO[C@@H]1O[C@H](C)[C@@H](O[Si](C)(C)C(C)(C)C)[C@H](N=[N+]=[N-])C1=O. The van der Waals surface area contributed by atoms with E-state index in [1.54, 1.807) is 6.92 Å². The maximum Gasteiger partial charge on any atom is 0.218 e. The molecule has 0 radical (unpaired) electrons. The van der Waals surface area contributed by atoms with Gasteiger partial charge in [-0.15, -0.1) is 0 Å². The van der Waals surface area contributed by atoms with E-state index in [0.29, 0.717) is 0 Å².